The Labute approximate surface area is 177 Å². The number of hydrogen-bond donors (Lipinski definition) is 3. The first-order valence-corrected chi connectivity index (χ1v) is 9.26. The van der Waals surface area contributed by atoms with Crippen LogP contribution in [0.2, 0.25) is 5.02 Å². The molecule has 1 aliphatic rings. The van der Waals surface area contributed by atoms with Crippen LogP contribution in [0, 0.1) is 10.1 Å². The number of nitro groups is 1. The van der Waals surface area contributed by atoms with Crippen LogP contribution in [0.15, 0.2) is 53.7 Å². The molecule has 0 spiro atoms. The van der Waals surface area contributed by atoms with Crippen molar-refractivity contribution in [2.45, 2.75) is 13.0 Å². The highest BCUT2D eigenvalue weighted by molar-refractivity contribution is 7.80. The van der Waals surface area contributed by atoms with Crippen LogP contribution in [-0.4, -0.2) is 23.1 Å². The Balaban J connectivity index is 1.96. The van der Waals surface area contributed by atoms with Crippen LogP contribution < -0.4 is 20.7 Å². The maximum atomic E-state index is 13.0. The third kappa shape index (κ3) is 4.47. The molecule has 0 saturated carbocycles. The van der Waals surface area contributed by atoms with E-state index in [4.69, 9.17) is 28.6 Å². The molecule has 3 N–H and O–H groups in total. The van der Waals surface area contributed by atoms with Crippen LogP contribution in [0.5, 0.6) is 5.75 Å². The number of halogens is 1. The number of amides is 1. The van der Waals surface area contributed by atoms with E-state index < -0.39 is 11.0 Å². The molecule has 1 heterocycles. The number of thiocarbonyl (C=S) groups is 1. The molecule has 0 bridgehead atoms. The molecular weight excluding hydrogens is 416 g/mol. The van der Waals surface area contributed by atoms with E-state index in [-0.39, 0.29) is 16.6 Å². The van der Waals surface area contributed by atoms with Gasteiger partial charge in [-0.3, -0.25) is 14.9 Å². The lowest BCUT2D eigenvalue weighted by Gasteiger charge is -2.30. The second-order valence-electron chi connectivity index (χ2n) is 6.22. The van der Waals surface area contributed by atoms with Crippen LogP contribution in [0.25, 0.3) is 0 Å². The number of hydrogen-bond acceptors (Lipinski definition) is 5. The molecule has 1 unspecified atom stereocenters. The molecule has 1 amide bonds. The number of rotatable bonds is 5. The molecular formula is C19H17ClN4O4S. The average molecular weight is 433 g/mol. The maximum absolute atomic E-state index is 13.0. The summed E-state index contributed by atoms with van der Waals surface area (Å²) in [5.74, 6) is 0.286. The summed E-state index contributed by atoms with van der Waals surface area (Å²) in [4.78, 5) is 23.7. The Hall–Kier alpha value is -3.17. The summed E-state index contributed by atoms with van der Waals surface area (Å²) in [5, 5.41) is 20.3. The molecule has 8 nitrogen and oxygen atoms in total. The molecule has 0 aliphatic carbocycles. The topological polar surface area (TPSA) is 106 Å². The summed E-state index contributed by atoms with van der Waals surface area (Å²) in [7, 11) is 1.56. The highest BCUT2D eigenvalue weighted by Crippen LogP contribution is 2.33. The Kier molecular flexibility index (Phi) is 6.00. The summed E-state index contributed by atoms with van der Waals surface area (Å²) in [6, 6.07) is 10.6. The summed E-state index contributed by atoms with van der Waals surface area (Å²) >= 11 is 11.1. The third-order valence-corrected chi connectivity index (χ3v) is 4.90. The van der Waals surface area contributed by atoms with Gasteiger partial charge in [0.05, 0.1) is 23.6 Å². The van der Waals surface area contributed by atoms with Gasteiger partial charge in [-0.15, -0.1) is 0 Å². The molecule has 2 aromatic carbocycles. The minimum atomic E-state index is -0.682. The number of nitrogens with zero attached hydrogens (tertiary/aromatic N) is 1. The summed E-state index contributed by atoms with van der Waals surface area (Å²) in [6.07, 6.45) is 0. The first-order chi connectivity index (χ1) is 13.8. The van der Waals surface area contributed by atoms with Gasteiger partial charge in [0.25, 0.3) is 11.6 Å². The van der Waals surface area contributed by atoms with Gasteiger partial charge < -0.3 is 20.7 Å². The van der Waals surface area contributed by atoms with E-state index in [1.807, 2.05) is 0 Å². The first-order valence-electron chi connectivity index (χ1n) is 8.47. The summed E-state index contributed by atoms with van der Waals surface area (Å²) in [6.45, 7) is 1.72. The van der Waals surface area contributed by atoms with Crippen LogP contribution in [0.3, 0.4) is 0 Å². The second-order valence-corrected chi connectivity index (χ2v) is 7.04. The van der Waals surface area contributed by atoms with Crippen molar-refractivity contribution < 1.29 is 14.5 Å². The smallest absolute Gasteiger partial charge is 0.288 e. The van der Waals surface area contributed by atoms with Gasteiger partial charge in [-0.25, -0.2) is 0 Å². The number of nitro benzene ring substituents is 1. The van der Waals surface area contributed by atoms with E-state index >= 15 is 0 Å². The van der Waals surface area contributed by atoms with Crippen LogP contribution in [-0.2, 0) is 4.79 Å². The highest BCUT2D eigenvalue weighted by Gasteiger charge is 2.31. The number of benzene rings is 2. The molecule has 1 atom stereocenters. The van der Waals surface area contributed by atoms with Crippen LogP contribution in [0.4, 0.5) is 11.4 Å². The fourth-order valence-electron chi connectivity index (χ4n) is 2.97. The molecule has 1 aliphatic heterocycles. The van der Waals surface area contributed by atoms with Crippen molar-refractivity contribution in [3.8, 4) is 5.75 Å². The summed E-state index contributed by atoms with van der Waals surface area (Å²) < 4.78 is 5.11. The summed E-state index contributed by atoms with van der Waals surface area (Å²) in [5.41, 5.74) is 1.71. The van der Waals surface area contributed by atoms with Crippen molar-refractivity contribution in [3.05, 3.63) is 74.4 Å². The lowest BCUT2D eigenvalue weighted by Crippen LogP contribution is -2.45. The van der Waals surface area contributed by atoms with E-state index in [2.05, 4.69) is 16.0 Å². The Morgan fingerprint density at radius 1 is 1.28 bits per heavy atom. The van der Waals surface area contributed by atoms with E-state index in [9.17, 15) is 14.9 Å². The molecule has 2 aromatic rings. The second kappa shape index (κ2) is 8.46. The fraction of sp³-hybridized carbons (Fsp3) is 0.158. The minimum absolute atomic E-state index is 0.0141. The predicted octanol–water partition coefficient (Wildman–Crippen LogP) is 3.69. The number of allylic oxidation sites excluding steroid dienone is 1. The number of ether oxygens (including phenoxy) is 1. The van der Waals surface area contributed by atoms with Gasteiger partial charge in [0.2, 0.25) is 0 Å². The van der Waals surface area contributed by atoms with E-state index in [0.29, 0.717) is 33.4 Å². The molecule has 29 heavy (non-hydrogen) atoms. The number of carbonyl (C=O) groups is 1. The van der Waals surface area contributed by atoms with Crippen LogP contribution in [0.1, 0.15) is 18.5 Å². The average Bonchev–Trinajstić information content (AvgIpc) is 2.68. The molecule has 150 valence electrons. The van der Waals surface area contributed by atoms with Gasteiger partial charge in [-0.05, 0) is 55.0 Å². The molecule has 10 heteroatoms. The van der Waals surface area contributed by atoms with Crippen molar-refractivity contribution in [2.75, 3.05) is 12.4 Å². The SMILES string of the molecule is COc1ccc(NC(=O)C2=C(C)NC(=S)NC2c2ccc(Cl)c([N+](=O)[O-])c2)cc1. The number of nitrogens with one attached hydrogen (secondary N) is 3. The monoisotopic (exact) mass is 432 g/mol. The normalized spacial score (nSPS) is 16.0. The van der Waals surface area contributed by atoms with Crippen molar-refractivity contribution >= 4 is 46.2 Å². The van der Waals surface area contributed by atoms with Gasteiger partial charge >= 0.3 is 0 Å². The van der Waals surface area contributed by atoms with Crippen molar-refractivity contribution in [2.24, 2.45) is 0 Å². The lowest BCUT2D eigenvalue weighted by molar-refractivity contribution is -0.384. The van der Waals surface area contributed by atoms with E-state index in [1.54, 1.807) is 44.4 Å². The number of carbonyl (C=O) groups excluding carboxylic acids is 1. The van der Waals surface area contributed by atoms with Gasteiger partial charge in [-0.2, -0.15) is 0 Å². The quantitative estimate of drug-likeness (QED) is 0.376. The Bertz CT molecular complexity index is 1020. The molecule has 3 rings (SSSR count). The van der Waals surface area contributed by atoms with E-state index in [1.165, 1.54) is 12.1 Å². The number of anilines is 1. The first kappa shape index (κ1) is 20.6. The zero-order valence-electron chi connectivity index (χ0n) is 15.5. The zero-order valence-corrected chi connectivity index (χ0v) is 17.1. The van der Waals surface area contributed by atoms with Gasteiger partial charge in [0, 0.05) is 17.5 Å². The molecule has 0 aromatic heterocycles. The van der Waals surface area contributed by atoms with Gasteiger partial charge in [-0.1, -0.05) is 17.7 Å². The standard InChI is InChI=1S/C19H17ClN4O4S/c1-10-16(18(25)22-12-4-6-13(28-2)7-5-12)17(23-19(29)21-10)11-3-8-14(20)15(9-11)24(26)27/h3-9,17H,1-2H3,(H,22,25)(H2,21,23,29). The largest absolute Gasteiger partial charge is 0.497 e. The van der Waals surface area contributed by atoms with Crippen molar-refractivity contribution in [3.63, 3.8) is 0 Å². The van der Waals surface area contributed by atoms with Gasteiger partial charge in [0.1, 0.15) is 10.8 Å². The van der Waals surface area contributed by atoms with E-state index in [0.717, 1.165) is 0 Å². The maximum Gasteiger partial charge on any atom is 0.288 e. The predicted molar refractivity (Wildman–Crippen MR) is 114 cm³/mol. The molecule has 0 fully saturated rings. The molecule has 0 saturated heterocycles. The molecule has 0 radical (unpaired) electrons. The zero-order chi connectivity index (χ0) is 21.1. The Morgan fingerprint density at radius 3 is 2.59 bits per heavy atom. The highest BCUT2D eigenvalue weighted by atomic mass is 35.5. The van der Waals surface area contributed by atoms with Gasteiger partial charge in [0.15, 0.2) is 5.11 Å². The fourth-order valence-corrected chi connectivity index (χ4v) is 3.42. The number of methoxy groups -OCH3 is 1. The Morgan fingerprint density at radius 2 is 1.97 bits per heavy atom. The van der Waals surface area contributed by atoms with Crippen LogP contribution >= 0.6 is 23.8 Å². The lowest BCUT2D eigenvalue weighted by atomic mass is 9.94. The van der Waals surface area contributed by atoms with Crippen molar-refractivity contribution in [1.29, 1.82) is 0 Å². The minimum Gasteiger partial charge on any atom is -0.497 e. The van der Waals surface area contributed by atoms with Crippen molar-refractivity contribution in [1.82, 2.24) is 10.6 Å². The third-order valence-electron chi connectivity index (χ3n) is 4.36.